The van der Waals surface area contributed by atoms with Crippen LogP contribution in [0.5, 0.6) is 0 Å². The van der Waals surface area contributed by atoms with Crippen LogP contribution < -0.4 is 10.9 Å². The van der Waals surface area contributed by atoms with E-state index in [1.54, 1.807) is 17.2 Å². The summed E-state index contributed by atoms with van der Waals surface area (Å²) >= 11 is 0. The molecule has 12 heteroatoms. The van der Waals surface area contributed by atoms with Gasteiger partial charge in [0.2, 0.25) is 5.91 Å². The lowest BCUT2D eigenvalue weighted by Crippen LogP contribution is -2.37. The molecule has 38 heavy (non-hydrogen) atoms. The molecular weight excluding hydrogens is 493 g/mol. The second-order valence-corrected chi connectivity index (χ2v) is 9.31. The normalized spacial score (nSPS) is 13.7. The van der Waals surface area contributed by atoms with Crippen LogP contribution >= 0.6 is 0 Å². The molecule has 1 aliphatic heterocycles. The van der Waals surface area contributed by atoms with Gasteiger partial charge in [-0.2, -0.15) is 9.61 Å². The van der Waals surface area contributed by atoms with E-state index in [-0.39, 0.29) is 54.4 Å². The predicted octanol–water partition coefficient (Wildman–Crippen LogP) is 2.34. The van der Waals surface area contributed by atoms with Crippen molar-refractivity contribution in [3.63, 3.8) is 0 Å². The fraction of sp³-hybridized carbons (Fsp3) is 0.308. The third kappa shape index (κ3) is 4.43. The van der Waals surface area contributed by atoms with Gasteiger partial charge in [-0.25, -0.2) is 9.37 Å². The lowest BCUT2D eigenvalue weighted by Gasteiger charge is -2.23. The number of pyridine rings is 2. The molecule has 2 amide bonds. The van der Waals surface area contributed by atoms with E-state index >= 15 is 0 Å². The Bertz CT molecular complexity index is 1630. The number of carbonyl (C=O) groups is 2. The van der Waals surface area contributed by atoms with Gasteiger partial charge in [-0.1, -0.05) is 0 Å². The average Bonchev–Trinajstić information content (AvgIpc) is 3.47. The zero-order chi connectivity index (χ0) is 27.1. The number of amides is 2. The van der Waals surface area contributed by atoms with Gasteiger partial charge < -0.3 is 19.5 Å². The molecule has 0 aromatic carbocycles. The second kappa shape index (κ2) is 9.78. The van der Waals surface area contributed by atoms with Crippen LogP contribution in [0, 0.1) is 19.7 Å². The Balaban J connectivity index is 1.64. The molecule has 5 rings (SSSR count). The van der Waals surface area contributed by atoms with Gasteiger partial charge in [0.25, 0.3) is 11.5 Å². The number of hydrogen-bond donors (Lipinski definition) is 1. The number of halogens is 1. The monoisotopic (exact) mass is 519 g/mol. The van der Waals surface area contributed by atoms with Crippen molar-refractivity contribution in [2.75, 3.05) is 19.0 Å². The molecule has 0 saturated carbocycles. The highest BCUT2D eigenvalue weighted by atomic mass is 19.1. The summed E-state index contributed by atoms with van der Waals surface area (Å²) in [7, 11) is 1.54. The van der Waals surface area contributed by atoms with E-state index in [9.17, 15) is 18.8 Å². The largest absolute Gasteiger partial charge is 0.383 e. The highest BCUT2D eigenvalue weighted by Gasteiger charge is 2.37. The molecule has 5 heterocycles. The number of fused-ring (bicyclic) bond motifs is 2. The molecule has 1 unspecified atom stereocenters. The summed E-state index contributed by atoms with van der Waals surface area (Å²) in [5, 5.41) is 7.18. The third-order valence-electron chi connectivity index (χ3n) is 6.52. The Morgan fingerprint density at radius 2 is 1.97 bits per heavy atom. The van der Waals surface area contributed by atoms with Crippen molar-refractivity contribution in [2.45, 2.75) is 39.9 Å². The van der Waals surface area contributed by atoms with E-state index in [0.717, 1.165) is 23.0 Å². The number of anilines is 1. The molecule has 0 fully saturated rings. The quantitative estimate of drug-likeness (QED) is 0.398. The number of nitrogens with one attached hydrogen (secondary N) is 1. The number of aromatic nitrogens is 5. The zero-order valence-electron chi connectivity index (χ0n) is 21.4. The van der Waals surface area contributed by atoms with Gasteiger partial charge in [-0.05, 0) is 44.5 Å². The van der Waals surface area contributed by atoms with E-state index in [1.165, 1.54) is 28.3 Å². The molecule has 0 bridgehead atoms. The number of ether oxygens (including phenoxy) is 1. The van der Waals surface area contributed by atoms with Crippen LogP contribution in [0.25, 0.3) is 16.9 Å². The Hall–Kier alpha value is -4.45. The van der Waals surface area contributed by atoms with Crippen LogP contribution in [0.4, 0.5) is 10.2 Å². The van der Waals surface area contributed by atoms with Crippen LogP contribution in [0.15, 0.2) is 41.5 Å². The Kier molecular flexibility index (Phi) is 6.49. The molecule has 4 aromatic heterocycles. The fourth-order valence-electron chi connectivity index (χ4n) is 4.64. The standard InChI is InChI=1S/C26H26FN7O4/c1-14-9-28-15(2)7-18(14)20-8-23-33(12-22(35)30-21-6-5-17(27)10-29-21)24-19(25(36)34(23)31-20)11-32(26(24)37)16(3)13-38-4/h5-10,16H,11-13H2,1-4H3,(H,29,30,35). The first kappa shape index (κ1) is 25.2. The van der Waals surface area contributed by atoms with Gasteiger partial charge in [0.15, 0.2) is 0 Å². The third-order valence-corrected chi connectivity index (χ3v) is 6.52. The van der Waals surface area contributed by atoms with E-state index < -0.39 is 17.3 Å². The van der Waals surface area contributed by atoms with Crippen LogP contribution in [-0.2, 0) is 22.6 Å². The lowest BCUT2D eigenvalue weighted by atomic mass is 10.1. The van der Waals surface area contributed by atoms with Gasteiger partial charge in [0.05, 0.1) is 36.6 Å². The van der Waals surface area contributed by atoms with Crippen molar-refractivity contribution in [1.82, 2.24) is 29.0 Å². The maximum absolute atomic E-state index is 13.6. The summed E-state index contributed by atoms with van der Waals surface area (Å²) in [5.41, 5.74) is 3.17. The number of methoxy groups -OCH3 is 1. The molecule has 196 valence electrons. The topological polar surface area (TPSA) is 124 Å². The number of carbonyl (C=O) groups excluding carboxylic acids is 2. The van der Waals surface area contributed by atoms with E-state index in [1.807, 2.05) is 26.8 Å². The molecule has 0 spiro atoms. The van der Waals surface area contributed by atoms with E-state index in [0.29, 0.717) is 5.69 Å². The summed E-state index contributed by atoms with van der Waals surface area (Å²) < 4.78 is 21.2. The summed E-state index contributed by atoms with van der Waals surface area (Å²) in [6, 6.07) is 5.77. The summed E-state index contributed by atoms with van der Waals surface area (Å²) in [4.78, 5) is 49.9. The van der Waals surface area contributed by atoms with Crippen LogP contribution in [0.2, 0.25) is 0 Å². The Morgan fingerprint density at radius 3 is 2.68 bits per heavy atom. The molecule has 11 nitrogen and oxygen atoms in total. The smallest absolute Gasteiger partial charge is 0.280 e. The highest BCUT2D eigenvalue weighted by molar-refractivity contribution is 5.99. The van der Waals surface area contributed by atoms with Crippen molar-refractivity contribution >= 4 is 23.3 Å². The first-order valence-corrected chi connectivity index (χ1v) is 12.0. The molecule has 1 N–H and O–H groups in total. The summed E-state index contributed by atoms with van der Waals surface area (Å²) in [6.45, 7) is 5.62. The number of hydrogen-bond acceptors (Lipinski definition) is 7. The van der Waals surface area contributed by atoms with Crippen LogP contribution in [-0.4, -0.2) is 60.6 Å². The fourth-order valence-corrected chi connectivity index (χ4v) is 4.64. The second-order valence-electron chi connectivity index (χ2n) is 9.31. The van der Waals surface area contributed by atoms with Gasteiger partial charge in [0, 0.05) is 30.6 Å². The van der Waals surface area contributed by atoms with Crippen molar-refractivity contribution in [3.05, 3.63) is 75.3 Å². The molecule has 4 aromatic rings. The maximum atomic E-state index is 13.6. The number of aryl methyl sites for hydroxylation is 2. The number of nitrogens with zero attached hydrogens (tertiary/aromatic N) is 6. The van der Waals surface area contributed by atoms with E-state index in [4.69, 9.17) is 4.74 Å². The van der Waals surface area contributed by atoms with E-state index in [2.05, 4.69) is 20.4 Å². The molecule has 1 aliphatic rings. The SMILES string of the molecule is COCC(C)N1Cc2c(n(CC(=O)Nc3ccc(F)cn3)c3cc(-c4cc(C)ncc4C)nn3c2=O)C1=O. The summed E-state index contributed by atoms with van der Waals surface area (Å²) in [5.74, 6) is -1.27. The molecule has 0 aliphatic carbocycles. The minimum absolute atomic E-state index is 0.0667. The van der Waals surface area contributed by atoms with Crippen LogP contribution in [0.1, 0.15) is 34.2 Å². The van der Waals surface area contributed by atoms with Crippen molar-refractivity contribution in [3.8, 4) is 11.3 Å². The average molecular weight is 520 g/mol. The van der Waals surface area contributed by atoms with Gasteiger partial charge in [-0.15, -0.1) is 0 Å². The molecule has 0 saturated heterocycles. The first-order valence-electron chi connectivity index (χ1n) is 12.0. The molecule has 0 radical (unpaired) electrons. The molecular formula is C26H26FN7O4. The van der Waals surface area contributed by atoms with Gasteiger partial charge >= 0.3 is 0 Å². The highest BCUT2D eigenvalue weighted by Crippen LogP contribution is 2.28. The van der Waals surface area contributed by atoms with Gasteiger partial charge in [-0.3, -0.25) is 19.4 Å². The molecule has 1 atom stereocenters. The van der Waals surface area contributed by atoms with Gasteiger partial charge in [0.1, 0.15) is 29.5 Å². The number of rotatable bonds is 7. The Labute approximate surface area is 216 Å². The van der Waals surface area contributed by atoms with Crippen molar-refractivity contribution in [1.29, 1.82) is 0 Å². The minimum Gasteiger partial charge on any atom is -0.383 e. The predicted molar refractivity (Wildman–Crippen MR) is 136 cm³/mol. The van der Waals surface area contributed by atoms with Crippen molar-refractivity contribution < 1.29 is 18.7 Å². The summed E-state index contributed by atoms with van der Waals surface area (Å²) in [6.07, 6.45) is 2.72. The first-order chi connectivity index (χ1) is 18.2. The van der Waals surface area contributed by atoms with Crippen LogP contribution in [0.3, 0.4) is 0 Å². The lowest BCUT2D eigenvalue weighted by molar-refractivity contribution is -0.116. The maximum Gasteiger partial charge on any atom is 0.280 e. The van der Waals surface area contributed by atoms with Crippen molar-refractivity contribution in [2.24, 2.45) is 0 Å². The zero-order valence-corrected chi connectivity index (χ0v) is 21.4. The minimum atomic E-state index is -0.535. The Morgan fingerprint density at radius 1 is 1.18 bits per heavy atom.